The molecule has 4 rings (SSSR count). The van der Waals surface area contributed by atoms with Crippen LogP contribution in [0, 0.1) is 0 Å². The van der Waals surface area contributed by atoms with Crippen molar-refractivity contribution in [1.82, 2.24) is 4.98 Å². The van der Waals surface area contributed by atoms with E-state index in [0.717, 1.165) is 16.8 Å². The zero-order chi connectivity index (χ0) is 16.1. The minimum atomic E-state index is -0.718. The normalized spacial score (nSPS) is 23.4. The topological polar surface area (TPSA) is 31.4 Å². The van der Waals surface area contributed by atoms with Crippen molar-refractivity contribution >= 4 is 21.4 Å². The summed E-state index contributed by atoms with van der Waals surface area (Å²) < 4.78 is 13.4. The van der Waals surface area contributed by atoms with Gasteiger partial charge < -0.3 is 9.47 Å². The van der Waals surface area contributed by atoms with E-state index in [0.29, 0.717) is 6.61 Å². The molecule has 1 aliphatic rings. The molecular formula is C19H19NO2S. The van der Waals surface area contributed by atoms with Gasteiger partial charge in [-0.15, -0.1) is 11.3 Å². The first-order valence-electron chi connectivity index (χ1n) is 7.74. The van der Waals surface area contributed by atoms with E-state index < -0.39 is 5.79 Å². The van der Waals surface area contributed by atoms with Crippen molar-refractivity contribution in [2.75, 3.05) is 6.61 Å². The number of hydrogen-bond acceptors (Lipinski definition) is 4. The fourth-order valence-corrected chi connectivity index (χ4v) is 4.02. The highest BCUT2D eigenvalue weighted by Gasteiger charge is 2.43. The van der Waals surface area contributed by atoms with Gasteiger partial charge in [-0.05, 0) is 49.7 Å². The molecule has 1 fully saturated rings. The highest BCUT2D eigenvalue weighted by molar-refractivity contribution is 7.17. The fourth-order valence-electron chi connectivity index (χ4n) is 3.09. The van der Waals surface area contributed by atoms with Crippen molar-refractivity contribution in [3.05, 3.63) is 53.5 Å². The smallest absolute Gasteiger partial charge is 0.192 e. The van der Waals surface area contributed by atoms with Crippen molar-refractivity contribution in [2.24, 2.45) is 0 Å². The molecule has 0 saturated carbocycles. The molecule has 0 N–H and O–H groups in total. The second-order valence-electron chi connectivity index (χ2n) is 6.67. The lowest BCUT2D eigenvalue weighted by molar-refractivity contribution is -0.176. The van der Waals surface area contributed by atoms with E-state index in [2.05, 4.69) is 40.7 Å². The lowest BCUT2D eigenvalue weighted by atomic mass is 10.0. The first-order chi connectivity index (χ1) is 11.0. The summed E-state index contributed by atoms with van der Waals surface area (Å²) in [4.78, 5) is 4.57. The summed E-state index contributed by atoms with van der Waals surface area (Å²) in [6.07, 6.45) is 1.83. The minimum Gasteiger partial charge on any atom is -0.343 e. The molecule has 0 aliphatic carbocycles. The van der Waals surface area contributed by atoms with Gasteiger partial charge in [0.05, 0.1) is 17.9 Å². The molecule has 1 saturated heterocycles. The van der Waals surface area contributed by atoms with Crippen molar-refractivity contribution in [1.29, 1.82) is 0 Å². The Morgan fingerprint density at radius 2 is 2.00 bits per heavy atom. The Bertz CT molecular complexity index is 870. The predicted octanol–water partition coefficient (Wildman–Crippen LogP) is 4.96. The zero-order valence-electron chi connectivity index (χ0n) is 13.5. The van der Waals surface area contributed by atoms with Gasteiger partial charge in [-0.3, -0.25) is 4.98 Å². The van der Waals surface area contributed by atoms with Gasteiger partial charge in [0.15, 0.2) is 5.79 Å². The molecular weight excluding hydrogens is 306 g/mol. The minimum absolute atomic E-state index is 0.272. The molecule has 1 aromatic carbocycles. The molecule has 23 heavy (non-hydrogen) atoms. The maximum absolute atomic E-state index is 6.14. The van der Waals surface area contributed by atoms with Crippen molar-refractivity contribution < 1.29 is 9.47 Å². The van der Waals surface area contributed by atoms with E-state index in [1.807, 2.05) is 33.0 Å². The highest BCUT2D eigenvalue weighted by Crippen LogP contribution is 2.40. The quantitative estimate of drug-likeness (QED) is 0.667. The Morgan fingerprint density at radius 3 is 2.78 bits per heavy atom. The van der Waals surface area contributed by atoms with Crippen LogP contribution in [0.2, 0.25) is 0 Å². The molecule has 118 valence electrons. The van der Waals surface area contributed by atoms with E-state index in [1.54, 1.807) is 11.3 Å². The Morgan fingerprint density at radius 1 is 1.13 bits per heavy atom. The van der Waals surface area contributed by atoms with Crippen LogP contribution in [0.3, 0.4) is 0 Å². The zero-order valence-corrected chi connectivity index (χ0v) is 14.3. The molecule has 1 aliphatic heterocycles. The molecule has 0 amide bonds. The second kappa shape index (κ2) is 5.13. The first-order valence-corrected chi connectivity index (χ1v) is 8.62. The largest absolute Gasteiger partial charge is 0.343 e. The van der Waals surface area contributed by atoms with Crippen molar-refractivity contribution in [3.63, 3.8) is 0 Å². The monoisotopic (exact) mass is 325 g/mol. The highest BCUT2D eigenvalue weighted by atomic mass is 32.1. The molecule has 0 spiro atoms. The van der Waals surface area contributed by atoms with Gasteiger partial charge in [0, 0.05) is 22.0 Å². The van der Waals surface area contributed by atoms with Gasteiger partial charge in [0.25, 0.3) is 0 Å². The van der Waals surface area contributed by atoms with E-state index in [-0.39, 0.29) is 5.60 Å². The van der Waals surface area contributed by atoms with E-state index in [1.165, 1.54) is 10.1 Å². The molecule has 0 bridgehead atoms. The number of hydrogen-bond donors (Lipinski definition) is 0. The van der Waals surface area contributed by atoms with Crippen LogP contribution >= 0.6 is 11.3 Å². The Labute approximate surface area is 139 Å². The van der Waals surface area contributed by atoms with E-state index in [4.69, 9.17) is 9.47 Å². The van der Waals surface area contributed by atoms with Gasteiger partial charge in [-0.25, -0.2) is 0 Å². The van der Waals surface area contributed by atoms with Gasteiger partial charge in [-0.2, -0.15) is 0 Å². The number of thiophene rings is 1. The molecule has 3 nitrogen and oxygen atoms in total. The summed E-state index contributed by atoms with van der Waals surface area (Å²) in [6, 6.07) is 12.5. The number of pyridine rings is 1. The summed E-state index contributed by atoms with van der Waals surface area (Å²) >= 11 is 1.74. The SMILES string of the molecule is CC1(C)COC(C)(c2ccnc(-c3cccc4ccsc34)c2)O1. The molecule has 3 heterocycles. The van der Waals surface area contributed by atoms with Gasteiger partial charge >= 0.3 is 0 Å². The molecule has 2 aromatic heterocycles. The number of fused-ring (bicyclic) bond motifs is 1. The third-order valence-electron chi connectivity index (χ3n) is 4.21. The van der Waals surface area contributed by atoms with Crippen LogP contribution in [0.15, 0.2) is 48.0 Å². The summed E-state index contributed by atoms with van der Waals surface area (Å²) in [5.41, 5.74) is 2.84. The van der Waals surface area contributed by atoms with Crippen LogP contribution in [0.5, 0.6) is 0 Å². The first kappa shape index (κ1) is 14.8. The number of benzene rings is 1. The Balaban J connectivity index is 1.79. The van der Waals surface area contributed by atoms with E-state index >= 15 is 0 Å². The van der Waals surface area contributed by atoms with Crippen LogP contribution in [-0.4, -0.2) is 17.2 Å². The van der Waals surface area contributed by atoms with E-state index in [9.17, 15) is 0 Å². The number of aromatic nitrogens is 1. The standard InChI is InChI=1S/C19H19NO2S/c1-18(2)12-21-19(3,22-18)14-7-9-20-16(11-14)15-6-4-5-13-8-10-23-17(13)15/h4-11H,12H2,1-3H3. The average Bonchev–Trinajstić information content (AvgIpc) is 3.12. The second-order valence-corrected chi connectivity index (χ2v) is 7.59. The van der Waals surface area contributed by atoms with Crippen LogP contribution < -0.4 is 0 Å². The molecule has 4 heteroatoms. The third kappa shape index (κ3) is 2.57. The molecule has 1 unspecified atom stereocenters. The maximum Gasteiger partial charge on any atom is 0.192 e. The molecule has 3 aromatic rings. The average molecular weight is 325 g/mol. The number of ether oxygens (including phenoxy) is 2. The number of rotatable bonds is 2. The third-order valence-corrected chi connectivity index (χ3v) is 5.17. The van der Waals surface area contributed by atoms with Crippen LogP contribution in [-0.2, 0) is 15.3 Å². The summed E-state index contributed by atoms with van der Waals surface area (Å²) in [7, 11) is 0. The Kier molecular flexibility index (Phi) is 3.30. The fraction of sp³-hybridized carbons (Fsp3) is 0.316. The van der Waals surface area contributed by atoms with Gasteiger partial charge in [0.1, 0.15) is 0 Å². The van der Waals surface area contributed by atoms with Crippen LogP contribution in [0.4, 0.5) is 0 Å². The molecule has 0 radical (unpaired) electrons. The maximum atomic E-state index is 6.14. The van der Waals surface area contributed by atoms with Crippen LogP contribution in [0.1, 0.15) is 26.3 Å². The number of nitrogens with zero attached hydrogens (tertiary/aromatic N) is 1. The lowest BCUT2D eigenvalue weighted by Gasteiger charge is -2.26. The predicted molar refractivity (Wildman–Crippen MR) is 93.5 cm³/mol. The van der Waals surface area contributed by atoms with Crippen LogP contribution in [0.25, 0.3) is 21.3 Å². The van der Waals surface area contributed by atoms with Gasteiger partial charge in [0.2, 0.25) is 0 Å². The lowest BCUT2D eigenvalue weighted by Crippen LogP contribution is -2.28. The summed E-state index contributed by atoms with van der Waals surface area (Å²) in [5, 5.41) is 3.37. The van der Waals surface area contributed by atoms with Crippen molar-refractivity contribution in [3.8, 4) is 11.3 Å². The van der Waals surface area contributed by atoms with Gasteiger partial charge in [-0.1, -0.05) is 18.2 Å². The summed E-state index contributed by atoms with van der Waals surface area (Å²) in [6.45, 7) is 6.66. The summed E-state index contributed by atoms with van der Waals surface area (Å²) in [5.74, 6) is -0.718. The Hall–Kier alpha value is -1.75. The van der Waals surface area contributed by atoms with Crippen molar-refractivity contribution in [2.45, 2.75) is 32.2 Å². The molecule has 1 atom stereocenters.